The first-order valence-electron chi connectivity index (χ1n) is 5.25. The average Bonchev–Trinajstić information content (AvgIpc) is 2.31. The minimum absolute atomic E-state index is 0.0919. The fourth-order valence-corrected chi connectivity index (χ4v) is 1.64. The zero-order valence-electron chi connectivity index (χ0n) is 8.89. The van der Waals surface area contributed by atoms with Crippen LogP contribution in [0.15, 0.2) is 18.5 Å². The van der Waals surface area contributed by atoms with E-state index in [1.165, 1.54) is 6.20 Å². The smallest absolute Gasteiger partial charge is 0.254 e. The zero-order valence-corrected chi connectivity index (χ0v) is 8.89. The Hall–Kier alpha value is -1.62. The molecule has 1 aliphatic heterocycles. The van der Waals surface area contributed by atoms with Crippen molar-refractivity contribution in [3.8, 4) is 5.75 Å². The Bertz CT molecular complexity index is 375. The molecule has 86 valence electrons. The van der Waals surface area contributed by atoms with Crippen LogP contribution in [0.25, 0.3) is 0 Å². The second kappa shape index (κ2) is 4.94. The monoisotopic (exact) mass is 222 g/mol. The van der Waals surface area contributed by atoms with Gasteiger partial charge >= 0.3 is 0 Å². The van der Waals surface area contributed by atoms with E-state index in [9.17, 15) is 4.79 Å². The van der Waals surface area contributed by atoms with E-state index >= 15 is 0 Å². The van der Waals surface area contributed by atoms with Gasteiger partial charge in [-0.25, -0.2) is 0 Å². The lowest BCUT2D eigenvalue weighted by Crippen LogP contribution is -2.27. The Morgan fingerprint density at radius 2 is 2.25 bits per heavy atom. The van der Waals surface area contributed by atoms with E-state index in [1.54, 1.807) is 12.3 Å². The van der Waals surface area contributed by atoms with Crippen molar-refractivity contribution in [1.29, 1.82) is 0 Å². The molecule has 2 N–H and O–H groups in total. The van der Waals surface area contributed by atoms with Crippen LogP contribution in [-0.4, -0.2) is 30.2 Å². The average molecular weight is 222 g/mol. The largest absolute Gasteiger partial charge is 0.489 e. The second-order valence-electron chi connectivity index (χ2n) is 3.67. The molecule has 1 aromatic heterocycles. The summed E-state index contributed by atoms with van der Waals surface area (Å²) in [5, 5.41) is 0. The highest BCUT2D eigenvalue weighted by Gasteiger charge is 2.18. The summed E-state index contributed by atoms with van der Waals surface area (Å²) in [5.41, 5.74) is 5.56. The lowest BCUT2D eigenvalue weighted by atomic mass is 10.1. The predicted octanol–water partition coefficient (Wildman–Crippen LogP) is 0.738. The maximum atomic E-state index is 11.1. The van der Waals surface area contributed by atoms with Gasteiger partial charge in [-0.15, -0.1) is 0 Å². The fourth-order valence-electron chi connectivity index (χ4n) is 1.64. The number of carbonyl (C=O) groups is 1. The number of carbonyl (C=O) groups excluding carboxylic acids is 1. The van der Waals surface area contributed by atoms with Gasteiger partial charge in [0.05, 0.1) is 18.8 Å². The second-order valence-corrected chi connectivity index (χ2v) is 3.67. The molecule has 2 rings (SSSR count). The third-order valence-electron chi connectivity index (χ3n) is 2.51. The molecular formula is C11H14N2O3. The Morgan fingerprint density at radius 3 is 2.94 bits per heavy atom. The summed E-state index contributed by atoms with van der Waals surface area (Å²) < 4.78 is 11.0. The van der Waals surface area contributed by atoms with Crippen LogP contribution in [0.5, 0.6) is 5.75 Å². The van der Waals surface area contributed by atoms with Crippen LogP contribution in [0.1, 0.15) is 23.2 Å². The minimum Gasteiger partial charge on any atom is -0.489 e. The topological polar surface area (TPSA) is 74.4 Å². The van der Waals surface area contributed by atoms with Crippen LogP contribution in [-0.2, 0) is 4.74 Å². The van der Waals surface area contributed by atoms with Gasteiger partial charge < -0.3 is 15.2 Å². The SMILES string of the molecule is NC(=O)c1cnccc1OC1CCOCC1. The van der Waals surface area contributed by atoms with E-state index < -0.39 is 5.91 Å². The van der Waals surface area contributed by atoms with Crippen LogP contribution in [0.4, 0.5) is 0 Å². The van der Waals surface area contributed by atoms with Crippen molar-refractivity contribution < 1.29 is 14.3 Å². The van der Waals surface area contributed by atoms with E-state index in [2.05, 4.69) is 4.98 Å². The molecule has 0 saturated carbocycles. The predicted molar refractivity (Wildman–Crippen MR) is 57.2 cm³/mol. The molecule has 1 aromatic rings. The summed E-state index contributed by atoms with van der Waals surface area (Å²) in [5.74, 6) is -0.00967. The Kier molecular flexibility index (Phi) is 3.36. The van der Waals surface area contributed by atoms with Crippen molar-refractivity contribution >= 4 is 5.91 Å². The molecule has 0 spiro atoms. The van der Waals surface area contributed by atoms with E-state index in [1.807, 2.05) is 0 Å². The normalized spacial score (nSPS) is 17.0. The van der Waals surface area contributed by atoms with E-state index in [4.69, 9.17) is 15.2 Å². The highest BCUT2D eigenvalue weighted by molar-refractivity contribution is 5.95. The maximum absolute atomic E-state index is 11.1. The van der Waals surface area contributed by atoms with Gasteiger partial charge in [-0.1, -0.05) is 0 Å². The molecule has 0 unspecified atom stereocenters. The molecule has 5 heteroatoms. The number of pyridine rings is 1. The number of rotatable bonds is 3. The van der Waals surface area contributed by atoms with Crippen molar-refractivity contribution in [2.45, 2.75) is 18.9 Å². The van der Waals surface area contributed by atoms with Crippen LogP contribution in [0, 0.1) is 0 Å². The summed E-state index contributed by atoms with van der Waals surface area (Å²) in [6.45, 7) is 1.39. The van der Waals surface area contributed by atoms with Crippen molar-refractivity contribution in [2.75, 3.05) is 13.2 Å². The molecule has 0 radical (unpaired) electrons. The Morgan fingerprint density at radius 1 is 1.50 bits per heavy atom. The summed E-state index contributed by atoms with van der Waals surface area (Å²) in [7, 11) is 0. The summed E-state index contributed by atoms with van der Waals surface area (Å²) >= 11 is 0. The van der Waals surface area contributed by atoms with Gasteiger partial charge in [-0.2, -0.15) is 0 Å². The van der Waals surface area contributed by atoms with Gasteiger partial charge in [0.1, 0.15) is 11.9 Å². The highest BCUT2D eigenvalue weighted by atomic mass is 16.5. The molecule has 0 bridgehead atoms. The van der Waals surface area contributed by atoms with Gasteiger partial charge in [0, 0.05) is 25.2 Å². The van der Waals surface area contributed by atoms with Crippen molar-refractivity contribution in [2.24, 2.45) is 5.73 Å². The number of hydrogen-bond acceptors (Lipinski definition) is 4. The molecule has 5 nitrogen and oxygen atoms in total. The molecular weight excluding hydrogens is 208 g/mol. The zero-order chi connectivity index (χ0) is 11.4. The summed E-state index contributed by atoms with van der Waals surface area (Å²) in [4.78, 5) is 15.0. The van der Waals surface area contributed by atoms with E-state index in [-0.39, 0.29) is 6.10 Å². The van der Waals surface area contributed by atoms with Gasteiger partial charge in [-0.3, -0.25) is 9.78 Å². The number of amides is 1. The van der Waals surface area contributed by atoms with Crippen LogP contribution in [0.3, 0.4) is 0 Å². The first-order valence-corrected chi connectivity index (χ1v) is 5.25. The van der Waals surface area contributed by atoms with Gasteiger partial charge in [0.2, 0.25) is 0 Å². The number of ether oxygens (including phenoxy) is 2. The maximum Gasteiger partial charge on any atom is 0.254 e. The molecule has 16 heavy (non-hydrogen) atoms. The molecule has 0 aliphatic carbocycles. The van der Waals surface area contributed by atoms with Gasteiger partial charge in [0.15, 0.2) is 0 Å². The number of nitrogens with zero attached hydrogens (tertiary/aromatic N) is 1. The number of nitrogens with two attached hydrogens (primary N) is 1. The highest BCUT2D eigenvalue weighted by Crippen LogP contribution is 2.21. The molecule has 1 fully saturated rings. The molecule has 2 heterocycles. The quantitative estimate of drug-likeness (QED) is 0.818. The standard InChI is InChI=1S/C11H14N2O3/c12-11(14)9-7-13-4-1-10(9)16-8-2-5-15-6-3-8/h1,4,7-8H,2-3,5-6H2,(H2,12,14). The Labute approximate surface area is 93.6 Å². The molecule has 1 saturated heterocycles. The van der Waals surface area contributed by atoms with Crippen LogP contribution < -0.4 is 10.5 Å². The Balaban J connectivity index is 2.10. The minimum atomic E-state index is -0.518. The third kappa shape index (κ3) is 2.49. The van der Waals surface area contributed by atoms with Crippen LogP contribution in [0.2, 0.25) is 0 Å². The van der Waals surface area contributed by atoms with E-state index in [0.717, 1.165) is 12.8 Å². The van der Waals surface area contributed by atoms with Crippen molar-refractivity contribution in [1.82, 2.24) is 4.98 Å². The van der Waals surface area contributed by atoms with Crippen molar-refractivity contribution in [3.63, 3.8) is 0 Å². The van der Waals surface area contributed by atoms with E-state index in [0.29, 0.717) is 24.5 Å². The first kappa shape index (κ1) is 10.9. The van der Waals surface area contributed by atoms with Gasteiger partial charge in [-0.05, 0) is 6.07 Å². The molecule has 1 amide bonds. The third-order valence-corrected chi connectivity index (χ3v) is 2.51. The number of primary amides is 1. The molecule has 0 atom stereocenters. The first-order chi connectivity index (χ1) is 7.77. The van der Waals surface area contributed by atoms with Crippen LogP contribution >= 0.6 is 0 Å². The number of aromatic nitrogens is 1. The molecule has 1 aliphatic rings. The summed E-state index contributed by atoms with van der Waals surface area (Å²) in [6, 6.07) is 1.66. The summed E-state index contributed by atoms with van der Waals surface area (Å²) in [6.07, 6.45) is 4.77. The van der Waals surface area contributed by atoms with Gasteiger partial charge in [0.25, 0.3) is 5.91 Å². The number of hydrogen-bond donors (Lipinski definition) is 1. The fraction of sp³-hybridized carbons (Fsp3) is 0.455. The lowest BCUT2D eigenvalue weighted by molar-refractivity contribution is 0.0252. The van der Waals surface area contributed by atoms with Crippen molar-refractivity contribution in [3.05, 3.63) is 24.0 Å². The lowest BCUT2D eigenvalue weighted by Gasteiger charge is -2.23. The molecule has 0 aromatic carbocycles.